The van der Waals surface area contributed by atoms with Gasteiger partial charge in [-0.25, -0.2) is 0 Å². The van der Waals surface area contributed by atoms with Gasteiger partial charge in [-0.1, -0.05) is 46.2 Å². The molecule has 78 valence electrons. The number of aromatic hydroxyl groups is 1. The zero-order valence-electron chi connectivity index (χ0n) is 9.54. The first-order chi connectivity index (χ1) is 6.47. The van der Waals surface area contributed by atoms with Crippen molar-refractivity contribution in [3.8, 4) is 5.75 Å². The highest BCUT2D eigenvalue weighted by Crippen LogP contribution is 2.37. The van der Waals surface area contributed by atoms with Crippen LogP contribution in [0.1, 0.15) is 45.6 Å². The fourth-order valence-electron chi connectivity index (χ4n) is 1.52. The molecule has 0 heterocycles. The van der Waals surface area contributed by atoms with Crippen LogP contribution in [0.4, 0.5) is 0 Å². The molecule has 14 heavy (non-hydrogen) atoms. The summed E-state index contributed by atoms with van der Waals surface area (Å²) in [5.41, 5.74) is 1.62. The highest BCUT2D eigenvalue weighted by molar-refractivity contribution is 5.28. The lowest BCUT2D eigenvalue weighted by molar-refractivity contribution is 0.289. The zero-order valence-corrected chi connectivity index (χ0v) is 9.54. The second kappa shape index (κ2) is 4.04. The van der Waals surface area contributed by atoms with Crippen molar-refractivity contribution in [2.75, 3.05) is 0 Å². The normalized spacial score (nSPS) is 14.0. The summed E-state index contributed by atoms with van der Waals surface area (Å²) in [6.45, 7) is 9.03. The summed E-state index contributed by atoms with van der Waals surface area (Å²) >= 11 is 0. The van der Waals surface area contributed by atoms with E-state index in [4.69, 9.17) is 0 Å². The Hall–Kier alpha value is -0.980. The van der Waals surface area contributed by atoms with Gasteiger partial charge in [-0.05, 0) is 29.0 Å². The Morgan fingerprint density at radius 1 is 1.21 bits per heavy atom. The number of rotatable bonds is 3. The summed E-state index contributed by atoms with van der Waals surface area (Å²) in [7, 11) is 0. The molecule has 0 bridgehead atoms. The molecule has 0 aliphatic rings. The van der Waals surface area contributed by atoms with Crippen LogP contribution in [0.25, 0.3) is 0 Å². The number of phenols is 1. The molecular weight excluding hydrogens is 172 g/mol. The summed E-state index contributed by atoms with van der Waals surface area (Å²) < 4.78 is 0. The van der Waals surface area contributed by atoms with Gasteiger partial charge in [0.05, 0.1) is 0 Å². The molecule has 0 radical (unpaired) electrons. The quantitative estimate of drug-likeness (QED) is 0.769. The van der Waals surface area contributed by atoms with E-state index < -0.39 is 0 Å². The highest BCUT2D eigenvalue weighted by atomic mass is 16.3. The SMILES string of the molecule is CCC(C)(C)C(C)c1ccc(O)cc1. The van der Waals surface area contributed by atoms with Gasteiger partial charge in [0.2, 0.25) is 0 Å². The molecule has 0 saturated carbocycles. The van der Waals surface area contributed by atoms with Crippen LogP contribution in [-0.2, 0) is 0 Å². The summed E-state index contributed by atoms with van der Waals surface area (Å²) in [6, 6.07) is 7.55. The van der Waals surface area contributed by atoms with Gasteiger partial charge >= 0.3 is 0 Å². The molecule has 1 rings (SSSR count). The molecule has 1 heteroatoms. The van der Waals surface area contributed by atoms with E-state index in [0.29, 0.717) is 17.1 Å². The molecule has 0 aliphatic carbocycles. The maximum Gasteiger partial charge on any atom is 0.115 e. The lowest BCUT2D eigenvalue weighted by Gasteiger charge is -2.31. The van der Waals surface area contributed by atoms with Crippen molar-refractivity contribution >= 4 is 0 Å². The molecule has 1 unspecified atom stereocenters. The van der Waals surface area contributed by atoms with Gasteiger partial charge in [0.1, 0.15) is 5.75 Å². The molecule has 1 aromatic carbocycles. The highest BCUT2D eigenvalue weighted by Gasteiger charge is 2.24. The average molecular weight is 192 g/mol. The van der Waals surface area contributed by atoms with E-state index in [1.165, 1.54) is 5.56 Å². The van der Waals surface area contributed by atoms with E-state index in [1.54, 1.807) is 12.1 Å². The van der Waals surface area contributed by atoms with E-state index >= 15 is 0 Å². The van der Waals surface area contributed by atoms with Crippen LogP contribution in [0, 0.1) is 5.41 Å². The van der Waals surface area contributed by atoms with Crippen LogP contribution >= 0.6 is 0 Å². The van der Waals surface area contributed by atoms with E-state index in [-0.39, 0.29) is 0 Å². The van der Waals surface area contributed by atoms with E-state index in [2.05, 4.69) is 27.7 Å². The largest absolute Gasteiger partial charge is 0.508 e. The summed E-state index contributed by atoms with van der Waals surface area (Å²) in [5, 5.41) is 9.20. The predicted octanol–water partition coefficient (Wildman–Crippen LogP) is 3.93. The minimum atomic E-state index is 0.316. The van der Waals surface area contributed by atoms with Gasteiger partial charge in [0.25, 0.3) is 0 Å². The second-order valence-electron chi connectivity index (χ2n) is 4.66. The molecule has 0 spiro atoms. The monoisotopic (exact) mass is 192 g/mol. The standard InChI is InChI=1S/C13H20O/c1-5-13(3,4)10(2)11-6-8-12(14)9-7-11/h6-10,14H,5H2,1-4H3. The fraction of sp³-hybridized carbons (Fsp3) is 0.538. The van der Waals surface area contributed by atoms with Crippen molar-refractivity contribution in [1.29, 1.82) is 0 Å². The summed E-state index contributed by atoms with van der Waals surface area (Å²) in [6.07, 6.45) is 1.16. The van der Waals surface area contributed by atoms with Crippen molar-refractivity contribution < 1.29 is 5.11 Å². The second-order valence-corrected chi connectivity index (χ2v) is 4.66. The molecule has 1 aromatic rings. The Labute approximate surface area is 86.8 Å². The summed E-state index contributed by atoms with van der Waals surface area (Å²) in [4.78, 5) is 0. The molecule has 0 amide bonds. The Kier molecular flexibility index (Phi) is 3.20. The minimum Gasteiger partial charge on any atom is -0.508 e. The van der Waals surface area contributed by atoms with Crippen LogP contribution in [-0.4, -0.2) is 5.11 Å². The maximum atomic E-state index is 9.20. The van der Waals surface area contributed by atoms with Crippen LogP contribution in [0.5, 0.6) is 5.75 Å². The van der Waals surface area contributed by atoms with Gasteiger partial charge in [0, 0.05) is 0 Å². The zero-order chi connectivity index (χ0) is 10.8. The Morgan fingerprint density at radius 2 is 1.71 bits per heavy atom. The smallest absolute Gasteiger partial charge is 0.115 e. The summed E-state index contributed by atoms with van der Waals surface area (Å²) in [5.74, 6) is 0.864. The van der Waals surface area contributed by atoms with E-state index in [0.717, 1.165) is 6.42 Å². The van der Waals surface area contributed by atoms with Crippen LogP contribution in [0.3, 0.4) is 0 Å². The number of benzene rings is 1. The Balaban J connectivity index is 2.89. The minimum absolute atomic E-state index is 0.316. The molecule has 0 fully saturated rings. The number of hydrogen-bond acceptors (Lipinski definition) is 1. The topological polar surface area (TPSA) is 20.2 Å². The van der Waals surface area contributed by atoms with Crippen molar-refractivity contribution in [3.63, 3.8) is 0 Å². The molecule has 0 aliphatic heterocycles. The first-order valence-corrected chi connectivity index (χ1v) is 5.26. The predicted molar refractivity (Wildman–Crippen MR) is 60.6 cm³/mol. The first-order valence-electron chi connectivity index (χ1n) is 5.26. The van der Waals surface area contributed by atoms with E-state index in [1.807, 2.05) is 12.1 Å². The third kappa shape index (κ3) is 2.28. The van der Waals surface area contributed by atoms with Crippen molar-refractivity contribution in [3.05, 3.63) is 29.8 Å². The molecule has 0 aromatic heterocycles. The van der Waals surface area contributed by atoms with Gasteiger partial charge in [0.15, 0.2) is 0 Å². The van der Waals surface area contributed by atoms with Gasteiger partial charge in [-0.3, -0.25) is 0 Å². The van der Waals surface area contributed by atoms with Crippen molar-refractivity contribution in [2.45, 2.75) is 40.0 Å². The van der Waals surface area contributed by atoms with Crippen molar-refractivity contribution in [2.24, 2.45) is 5.41 Å². The third-order valence-electron chi connectivity index (χ3n) is 3.48. The Bertz CT molecular complexity index is 285. The molecule has 1 N–H and O–H groups in total. The maximum absolute atomic E-state index is 9.20. The fourth-order valence-corrected chi connectivity index (χ4v) is 1.52. The van der Waals surface area contributed by atoms with Crippen LogP contribution in [0.15, 0.2) is 24.3 Å². The van der Waals surface area contributed by atoms with Gasteiger partial charge < -0.3 is 5.11 Å². The molecule has 0 saturated heterocycles. The van der Waals surface area contributed by atoms with Crippen LogP contribution < -0.4 is 0 Å². The molecular formula is C13H20O. The lowest BCUT2D eigenvalue weighted by atomic mass is 9.74. The molecule has 1 atom stereocenters. The number of phenolic OH excluding ortho intramolecular Hbond substituents is 1. The van der Waals surface area contributed by atoms with Gasteiger partial charge in [-0.15, -0.1) is 0 Å². The Morgan fingerprint density at radius 3 is 2.14 bits per heavy atom. The third-order valence-corrected chi connectivity index (χ3v) is 3.48. The van der Waals surface area contributed by atoms with E-state index in [9.17, 15) is 5.11 Å². The van der Waals surface area contributed by atoms with Crippen molar-refractivity contribution in [1.82, 2.24) is 0 Å². The number of hydrogen-bond donors (Lipinski definition) is 1. The van der Waals surface area contributed by atoms with Gasteiger partial charge in [-0.2, -0.15) is 0 Å². The lowest BCUT2D eigenvalue weighted by Crippen LogP contribution is -2.18. The average Bonchev–Trinajstić information content (AvgIpc) is 2.18. The first kappa shape index (κ1) is 11.1. The molecule has 1 nitrogen and oxygen atoms in total. The van der Waals surface area contributed by atoms with Crippen LogP contribution in [0.2, 0.25) is 0 Å².